The van der Waals surface area contributed by atoms with Crippen LogP contribution < -0.4 is 0 Å². The van der Waals surface area contributed by atoms with Gasteiger partial charge in [-0.25, -0.2) is 4.98 Å². The lowest BCUT2D eigenvalue weighted by atomic mass is 9.76. The molecule has 0 aliphatic carbocycles. The van der Waals surface area contributed by atoms with E-state index < -0.39 is 11.4 Å². The summed E-state index contributed by atoms with van der Waals surface area (Å²) in [7, 11) is 0. The Morgan fingerprint density at radius 2 is 2.24 bits per heavy atom. The second-order valence-electron chi connectivity index (χ2n) is 6.89. The fraction of sp³-hybridized carbons (Fsp3) is 0.500. The molecule has 1 N–H and O–H groups in total. The van der Waals surface area contributed by atoms with Crippen molar-refractivity contribution < 1.29 is 19.1 Å². The van der Waals surface area contributed by atoms with E-state index in [1.165, 1.54) is 0 Å². The summed E-state index contributed by atoms with van der Waals surface area (Å²) >= 11 is 1.56. The van der Waals surface area contributed by atoms with Crippen molar-refractivity contribution in [2.45, 2.75) is 33.6 Å². The van der Waals surface area contributed by atoms with Crippen LogP contribution in [0.25, 0.3) is 11.5 Å². The largest absolute Gasteiger partial charge is 0.481 e. The van der Waals surface area contributed by atoms with Gasteiger partial charge in [0.1, 0.15) is 5.76 Å². The van der Waals surface area contributed by atoms with E-state index in [0.717, 1.165) is 5.56 Å². The molecule has 2 aromatic heterocycles. The van der Waals surface area contributed by atoms with Crippen LogP contribution in [0.5, 0.6) is 0 Å². The Kier molecular flexibility index (Phi) is 4.69. The Morgan fingerprint density at radius 3 is 2.80 bits per heavy atom. The van der Waals surface area contributed by atoms with Gasteiger partial charge in [0.05, 0.1) is 17.5 Å². The second-order valence-corrected chi connectivity index (χ2v) is 7.67. The maximum Gasteiger partial charge on any atom is 0.311 e. The smallest absolute Gasteiger partial charge is 0.311 e. The molecule has 1 amide bonds. The number of aliphatic carboxylic acids is 1. The van der Waals surface area contributed by atoms with E-state index in [0.29, 0.717) is 30.3 Å². The number of likely N-dealkylation sites (tertiary alicyclic amines) is 1. The number of carbonyl (C=O) groups excluding carboxylic acids is 1. The van der Waals surface area contributed by atoms with Gasteiger partial charge in [0.15, 0.2) is 0 Å². The quantitative estimate of drug-likeness (QED) is 0.883. The molecule has 3 rings (SSSR count). The number of hydrogen-bond acceptors (Lipinski definition) is 5. The molecule has 1 saturated heterocycles. The Bertz CT molecular complexity index is 781. The highest BCUT2D eigenvalue weighted by molar-refractivity contribution is 7.08. The Labute approximate surface area is 150 Å². The number of oxazole rings is 1. The molecular weight excluding hydrogens is 340 g/mol. The molecule has 6 nitrogen and oxygen atoms in total. The van der Waals surface area contributed by atoms with Crippen LogP contribution in [0, 0.1) is 18.3 Å². The van der Waals surface area contributed by atoms with E-state index >= 15 is 0 Å². The lowest BCUT2D eigenvalue weighted by Gasteiger charge is -2.28. The van der Waals surface area contributed by atoms with Crippen LogP contribution in [0.15, 0.2) is 21.2 Å². The molecule has 0 aromatic carbocycles. The summed E-state index contributed by atoms with van der Waals surface area (Å²) in [4.78, 5) is 30.5. The van der Waals surface area contributed by atoms with E-state index in [1.54, 1.807) is 23.2 Å². The van der Waals surface area contributed by atoms with E-state index in [4.69, 9.17) is 4.42 Å². The third-order valence-corrected chi connectivity index (χ3v) is 5.85. The monoisotopic (exact) mass is 362 g/mol. The molecule has 3 heterocycles. The molecule has 1 aliphatic heterocycles. The summed E-state index contributed by atoms with van der Waals surface area (Å²) in [5.41, 5.74) is 0.664. The lowest BCUT2D eigenvalue weighted by molar-refractivity contribution is -0.151. The van der Waals surface area contributed by atoms with Crippen molar-refractivity contribution in [2.75, 3.05) is 13.1 Å². The van der Waals surface area contributed by atoms with Crippen LogP contribution in [-0.2, 0) is 16.0 Å². The van der Waals surface area contributed by atoms with Gasteiger partial charge < -0.3 is 14.4 Å². The van der Waals surface area contributed by atoms with Crippen LogP contribution in [0.1, 0.15) is 31.7 Å². The number of amides is 1. The van der Waals surface area contributed by atoms with E-state index in [-0.39, 0.29) is 24.8 Å². The normalized spacial score (nSPS) is 20.4. The molecule has 7 heteroatoms. The summed E-state index contributed by atoms with van der Waals surface area (Å²) in [6.45, 7) is 6.32. The fourth-order valence-corrected chi connectivity index (χ4v) is 3.93. The van der Waals surface area contributed by atoms with Gasteiger partial charge in [0.25, 0.3) is 0 Å². The third kappa shape index (κ3) is 3.20. The average molecular weight is 362 g/mol. The van der Waals surface area contributed by atoms with Gasteiger partial charge in [-0.05, 0) is 30.7 Å². The molecule has 1 unspecified atom stereocenters. The van der Waals surface area contributed by atoms with Crippen LogP contribution in [0.3, 0.4) is 0 Å². The molecule has 2 aromatic rings. The maximum absolute atomic E-state index is 12.6. The first kappa shape index (κ1) is 17.7. The summed E-state index contributed by atoms with van der Waals surface area (Å²) in [6, 6.07) is 1.92. The van der Waals surface area contributed by atoms with Crippen LogP contribution in [-0.4, -0.2) is 40.0 Å². The summed E-state index contributed by atoms with van der Waals surface area (Å²) in [5, 5.41) is 13.5. The number of aromatic nitrogens is 1. The maximum atomic E-state index is 12.6. The molecule has 0 saturated carbocycles. The Hall–Kier alpha value is -2.15. The van der Waals surface area contributed by atoms with Crippen molar-refractivity contribution in [3.63, 3.8) is 0 Å². The van der Waals surface area contributed by atoms with E-state index in [2.05, 4.69) is 4.98 Å². The lowest BCUT2D eigenvalue weighted by Crippen LogP contribution is -2.41. The average Bonchev–Trinajstić information content (AvgIpc) is 3.26. The highest BCUT2D eigenvalue weighted by atomic mass is 32.1. The number of aryl methyl sites for hydroxylation is 1. The van der Waals surface area contributed by atoms with Crippen LogP contribution in [0.4, 0.5) is 0 Å². The number of carbonyl (C=O) groups is 2. The van der Waals surface area contributed by atoms with Crippen molar-refractivity contribution >= 4 is 23.2 Å². The van der Waals surface area contributed by atoms with Crippen molar-refractivity contribution in [2.24, 2.45) is 11.3 Å². The minimum Gasteiger partial charge on any atom is -0.481 e. The molecule has 1 atom stereocenters. The minimum atomic E-state index is -0.851. The first-order valence-corrected chi connectivity index (χ1v) is 9.28. The zero-order valence-electron chi connectivity index (χ0n) is 14.6. The van der Waals surface area contributed by atoms with E-state index in [1.807, 2.05) is 30.7 Å². The Balaban J connectivity index is 1.72. The SMILES string of the molecule is Cc1oc(-c2ccsc2)nc1CC(=O)N1CCC(C(=O)O)(C(C)C)C1. The molecular formula is C18H22N2O4S. The third-order valence-electron chi connectivity index (χ3n) is 5.16. The van der Waals surface area contributed by atoms with Gasteiger partial charge in [-0.2, -0.15) is 11.3 Å². The summed E-state index contributed by atoms with van der Waals surface area (Å²) < 4.78 is 5.67. The van der Waals surface area contributed by atoms with Crippen molar-refractivity contribution in [3.05, 3.63) is 28.3 Å². The fourth-order valence-electron chi connectivity index (χ4n) is 3.30. The number of rotatable bonds is 5. The van der Waals surface area contributed by atoms with Gasteiger partial charge in [-0.3, -0.25) is 9.59 Å². The highest BCUT2D eigenvalue weighted by Gasteiger charge is 2.48. The zero-order valence-corrected chi connectivity index (χ0v) is 15.4. The summed E-state index contributed by atoms with van der Waals surface area (Å²) in [6.07, 6.45) is 0.622. The first-order chi connectivity index (χ1) is 11.8. The molecule has 1 aliphatic rings. The standard InChI is InChI=1S/C18H22N2O4S/c1-11(2)18(17(22)23)5-6-20(10-18)15(21)8-14-12(3)24-16(19-14)13-4-7-25-9-13/h4,7,9,11H,5-6,8,10H2,1-3H3,(H,22,23). The highest BCUT2D eigenvalue weighted by Crippen LogP contribution is 2.38. The topological polar surface area (TPSA) is 83.6 Å². The molecule has 0 spiro atoms. The van der Waals surface area contributed by atoms with Crippen molar-refractivity contribution in [3.8, 4) is 11.5 Å². The number of carboxylic acid groups (broad SMARTS) is 1. The molecule has 134 valence electrons. The minimum absolute atomic E-state index is 0.0261. The summed E-state index contributed by atoms with van der Waals surface area (Å²) in [5.74, 6) is 0.195. The molecule has 0 bridgehead atoms. The van der Waals surface area contributed by atoms with Gasteiger partial charge in [-0.1, -0.05) is 13.8 Å². The van der Waals surface area contributed by atoms with Crippen LogP contribution >= 0.6 is 11.3 Å². The predicted octanol–water partition coefficient (Wildman–Crippen LogP) is 3.21. The van der Waals surface area contributed by atoms with Crippen molar-refractivity contribution in [1.82, 2.24) is 9.88 Å². The number of thiophene rings is 1. The predicted molar refractivity (Wildman–Crippen MR) is 94.4 cm³/mol. The van der Waals surface area contributed by atoms with Gasteiger partial charge in [0.2, 0.25) is 11.8 Å². The van der Waals surface area contributed by atoms with Crippen molar-refractivity contribution in [1.29, 1.82) is 0 Å². The van der Waals surface area contributed by atoms with Gasteiger partial charge in [0, 0.05) is 24.0 Å². The second kappa shape index (κ2) is 6.63. The molecule has 25 heavy (non-hydrogen) atoms. The van der Waals surface area contributed by atoms with Crippen LogP contribution in [0.2, 0.25) is 0 Å². The molecule has 1 fully saturated rings. The molecule has 0 radical (unpaired) electrons. The van der Waals surface area contributed by atoms with E-state index in [9.17, 15) is 14.7 Å². The first-order valence-electron chi connectivity index (χ1n) is 8.33. The number of nitrogens with zero attached hydrogens (tertiary/aromatic N) is 2. The Morgan fingerprint density at radius 1 is 1.48 bits per heavy atom. The van der Waals surface area contributed by atoms with Gasteiger partial charge in [-0.15, -0.1) is 0 Å². The van der Waals surface area contributed by atoms with Gasteiger partial charge >= 0.3 is 5.97 Å². The zero-order chi connectivity index (χ0) is 18.2. The number of hydrogen-bond donors (Lipinski definition) is 1. The number of carboxylic acids is 1.